The number of benzene rings is 1. The van der Waals surface area contributed by atoms with E-state index in [1.807, 2.05) is 35.8 Å². The number of rotatable bonds is 7. The van der Waals surface area contributed by atoms with Crippen molar-refractivity contribution in [3.63, 3.8) is 0 Å². The Bertz CT molecular complexity index is 903. The number of aromatic nitrogens is 3. The van der Waals surface area contributed by atoms with Crippen LogP contribution in [-0.2, 0) is 17.0 Å². The van der Waals surface area contributed by atoms with Crippen molar-refractivity contribution in [2.75, 3.05) is 14.2 Å². The lowest BCUT2D eigenvalue weighted by Crippen LogP contribution is -2.01. The summed E-state index contributed by atoms with van der Waals surface area (Å²) in [5.41, 5.74) is 0.891. The number of carbonyl (C=O) groups is 1. The van der Waals surface area contributed by atoms with Crippen LogP contribution in [0.25, 0.3) is 11.4 Å². The highest BCUT2D eigenvalue weighted by atomic mass is 32.2. The standard InChI is InChI=1S/C18H19N3O4S/c1-4-21-16(13-7-5-6-8-14(13)23-2)19-20-18(21)26-11-12-9-10-15(25-12)17(22)24-3/h5-10H,4,11H2,1-3H3. The fraction of sp³-hybridized carbons (Fsp3) is 0.278. The number of hydrogen-bond donors (Lipinski definition) is 0. The molecule has 0 aliphatic heterocycles. The molecule has 0 spiro atoms. The van der Waals surface area contributed by atoms with E-state index in [1.54, 1.807) is 19.2 Å². The monoisotopic (exact) mass is 373 g/mol. The third-order valence-corrected chi connectivity index (χ3v) is 4.76. The third-order valence-electron chi connectivity index (χ3n) is 3.77. The molecule has 0 radical (unpaired) electrons. The van der Waals surface area contributed by atoms with Crippen LogP contribution in [0.2, 0.25) is 0 Å². The van der Waals surface area contributed by atoms with Crippen LogP contribution in [0.5, 0.6) is 5.75 Å². The van der Waals surface area contributed by atoms with Gasteiger partial charge in [0.05, 0.1) is 25.5 Å². The van der Waals surface area contributed by atoms with E-state index in [0.717, 1.165) is 22.3 Å². The molecule has 0 aliphatic carbocycles. The Hall–Kier alpha value is -2.74. The van der Waals surface area contributed by atoms with E-state index in [4.69, 9.17) is 9.15 Å². The van der Waals surface area contributed by atoms with Crippen molar-refractivity contribution in [2.24, 2.45) is 0 Å². The van der Waals surface area contributed by atoms with Crippen LogP contribution in [0.1, 0.15) is 23.2 Å². The first-order valence-corrected chi connectivity index (χ1v) is 9.02. The number of hydrogen-bond acceptors (Lipinski definition) is 7. The van der Waals surface area contributed by atoms with Gasteiger partial charge in [0.2, 0.25) is 5.76 Å². The van der Waals surface area contributed by atoms with Crippen LogP contribution in [-0.4, -0.2) is 35.0 Å². The summed E-state index contributed by atoms with van der Waals surface area (Å²) in [7, 11) is 2.96. The second-order valence-electron chi connectivity index (χ2n) is 5.30. The first-order valence-electron chi connectivity index (χ1n) is 8.04. The van der Waals surface area contributed by atoms with E-state index in [9.17, 15) is 4.79 Å². The number of para-hydroxylation sites is 1. The molecule has 0 saturated carbocycles. The molecule has 0 aliphatic rings. The number of esters is 1. The van der Waals surface area contributed by atoms with Crippen molar-refractivity contribution >= 4 is 17.7 Å². The highest BCUT2D eigenvalue weighted by Gasteiger charge is 2.17. The van der Waals surface area contributed by atoms with Crippen LogP contribution in [0, 0.1) is 0 Å². The van der Waals surface area contributed by atoms with Gasteiger partial charge in [-0.2, -0.15) is 0 Å². The lowest BCUT2D eigenvalue weighted by molar-refractivity contribution is 0.0563. The molecule has 2 heterocycles. The number of furan rings is 1. The molecule has 1 aromatic carbocycles. The first-order chi connectivity index (χ1) is 12.7. The van der Waals surface area contributed by atoms with Gasteiger partial charge in [-0.15, -0.1) is 10.2 Å². The third kappa shape index (κ3) is 3.60. The summed E-state index contributed by atoms with van der Waals surface area (Å²) >= 11 is 1.49. The van der Waals surface area contributed by atoms with Crippen LogP contribution >= 0.6 is 11.8 Å². The Morgan fingerprint density at radius 1 is 1.19 bits per heavy atom. The van der Waals surface area contributed by atoms with Gasteiger partial charge in [0.25, 0.3) is 0 Å². The van der Waals surface area contributed by atoms with Gasteiger partial charge in [-0.3, -0.25) is 0 Å². The lowest BCUT2D eigenvalue weighted by atomic mass is 10.2. The quantitative estimate of drug-likeness (QED) is 0.462. The van der Waals surface area contributed by atoms with Gasteiger partial charge in [0, 0.05) is 6.54 Å². The Morgan fingerprint density at radius 2 is 2.00 bits per heavy atom. The highest BCUT2D eigenvalue weighted by Crippen LogP contribution is 2.31. The zero-order chi connectivity index (χ0) is 18.5. The maximum atomic E-state index is 11.5. The molecule has 136 valence electrons. The van der Waals surface area contributed by atoms with Crippen molar-refractivity contribution in [1.82, 2.24) is 14.8 Å². The largest absolute Gasteiger partial charge is 0.496 e. The minimum atomic E-state index is -0.489. The Balaban J connectivity index is 1.80. The Kier molecular flexibility index (Phi) is 5.62. The molecule has 0 N–H and O–H groups in total. The molecule has 3 aromatic rings. The van der Waals surface area contributed by atoms with Gasteiger partial charge in [-0.25, -0.2) is 4.79 Å². The van der Waals surface area contributed by atoms with Gasteiger partial charge in [-0.1, -0.05) is 23.9 Å². The van der Waals surface area contributed by atoms with Gasteiger partial charge >= 0.3 is 5.97 Å². The molecule has 0 atom stereocenters. The van der Waals surface area contributed by atoms with E-state index in [1.165, 1.54) is 18.9 Å². The maximum absolute atomic E-state index is 11.5. The average Bonchev–Trinajstić information content (AvgIpc) is 3.32. The molecule has 8 heteroatoms. The molecule has 0 amide bonds. The van der Waals surface area contributed by atoms with E-state index in [0.29, 0.717) is 18.1 Å². The van der Waals surface area contributed by atoms with Gasteiger partial charge in [0.15, 0.2) is 11.0 Å². The van der Waals surface area contributed by atoms with Crippen molar-refractivity contribution in [3.05, 3.63) is 47.9 Å². The number of ether oxygens (including phenoxy) is 2. The fourth-order valence-corrected chi connectivity index (χ4v) is 3.41. The summed E-state index contributed by atoms with van der Waals surface area (Å²) in [4.78, 5) is 11.5. The normalized spacial score (nSPS) is 10.7. The smallest absolute Gasteiger partial charge is 0.373 e. The van der Waals surface area contributed by atoms with E-state index in [-0.39, 0.29) is 5.76 Å². The van der Waals surface area contributed by atoms with Crippen LogP contribution in [0.3, 0.4) is 0 Å². The van der Waals surface area contributed by atoms with E-state index in [2.05, 4.69) is 14.9 Å². The Labute approximate surface area is 155 Å². The van der Waals surface area contributed by atoms with Crippen molar-refractivity contribution in [1.29, 1.82) is 0 Å². The summed E-state index contributed by atoms with van der Waals surface area (Å²) in [5.74, 6) is 2.40. The molecule has 0 fully saturated rings. The molecule has 0 bridgehead atoms. The molecule has 7 nitrogen and oxygen atoms in total. The zero-order valence-corrected chi connectivity index (χ0v) is 15.6. The summed E-state index contributed by atoms with van der Waals surface area (Å²) < 4.78 is 17.6. The minimum Gasteiger partial charge on any atom is -0.496 e. The molecule has 3 rings (SSSR count). The second kappa shape index (κ2) is 8.09. The minimum absolute atomic E-state index is 0.190. The summed E-state index contributed by atoms with van der Waals surface area (Å²) in [6, 6.07) is 11.1. The van der Waals surface area contributed by atoms with E-state index < -0.39 is 5.97 Å². The summed E-state index contributed by atoms with van der Waals surface area (Å²) in [5, 5.41) is 9.40. The molecule has 2 aromatic heterocycles. The summed E-state index contributed by atoms with van der Waals surface area (Å²) in [6.07, 6.45) is 0. The topological polar surface area (TPSA) is 79.4 Å². The Morgan fingerprint density at radius 3 is 2.73 bits per heavy atom. The maximum Gasteiger partial charge on any atom is 0.373 e. The molecule has 26 heavy (non-hydrogen) atoms. The van der Waals surface area contributed by atoms with Crippen molar-refractivity contribution < 1.29 is 18.7 Å². The fourth-order valence-electron chi connectivity index (χ4n) is 2.51. The molecule has 0 unspecified atom stereocenters. The SMILES string of the molecule is CCn1c(SCc2ccc(C(=O)OC)o2)nnc1-c1ccccc1OC. The molecular formula is C18H19N3O4S. The molecular weight excluding hydrogens is 354 g/mol. The van der Waals surface area contributed by atoms with Gasteiger partial charge in [-0.05, 0) is 31.2 Å². The number of nitrogens with zero attached hydrogens (tertiary/aromatic N) is 3. The second-order valence-corrected chi connectivity index (χ2v) is 6.24. The number of carbonyl (C=O) groups excluding carboxylic acids is 1. The lowest BCUT2D eigenvalue weighted by Gasteiger charge is -2.10. The predicted octanol–water partition coefficient (Wildman–Crippen LogP) is 3.65. The van der Waals surface area contributed by atoms with E-state index >= 15 is 0 Å². The average molecular weight is 373 g/mol. The van der Waals surface area contributed by atoms with Crippen molar-refractivity contribution in [3.8, 4) is 17.1 Å². The predicted molar refractivity (Wildman–Crippen MR) is 97.3 cm³/mol. The van der Waals surface area contributed by atoms with Crippen molar-refractivity contribution in [2.45, 2.75) is 24.4 Å². The molecule has 0 saturated heterocycles. The summed E-state index contributed by atoms with van der Waals surface area (Å²) in [6.45, 7) is 2.75. The first kappa shape index (κ1) is 18.1. The van der Waals surface area contributed by atoms with Crippen LogP contribution in [0.4, 0.5) is 0 Å². The highest BCUT2D eigenvalue weighted by molar-refractivity contribution is 7.98. The zero-order valence-electron chi connectivity index (χ0n) is 14.8. The number of methoxy groups -OCH3 is 2. The number of thioether (sulfide) groups is 1. The van der Waals surface area contributed by atoms with Crippen LogP contribution in [0.15, 0.2) is 46.0 Å². The van der Waals surface area contributed by atoms with Crippen LogP contribution < -0.4 is 4.74 Å². The van der Waals surface area contributed by atoms with Gasteiger partial charge in [0.1, 0.15) is 11.5 Å². The van der Waals surface area contributed by atoms with Gasteiger partial charge < -0.3 is 18.5 Å².